The van der Waals surface area contributed by atoms with Crippen LogP contribution < -0.4 is 15.0 Å². The van der Waals surface area contributed by atoms with Crippen LogP contribution in [0.2, 0.25) is 0 Å². The second-order valence-electron chi connectivity index (χ2n) is 5.61. The van der Waals surface area contributed by atoms with E-state index in [1.807, 2.05) is 24.3 Å². The Morgan fingerprint density at radius 3 is 2.23 bits per heavy atom. The zero-order valence-corrected chi connectivity index (χ0v) is 17.8. The Kier molecular flexibility index (Phi) is 7.48. The molecule has 0 saturated heterocycles. The number of nitrogens with zero attached hydrogens (tertiary/aromatic N) is 2. The van der Waals surface area contributed by atoms with Gasteiger partial charge in [-0.15, -0.1) is 28.3 Å². The van der Waals surface area contributed by atoms with Crippen molar-refractivity contribution in [2.45, 2.75) is 13.8 Å². The molecule has 1 N–H and O–H groups in total. The molecule has 3 aromatic rings. The summed E-state index contributed by atoms with van der Waals surface area (Å²) in [5.41, 5.74) is 4.34. The number of hydrogen-bond donors (Lipinski definition) is 1. The quantitative estimate of drug-likeness (QED) is 0.496. The molecule has 0 amide bonds. The molecule has 0 bridgehead atoms. The van der Waals surface area contributed by atoms with Crippen molar-refractivity contribution in [3.05, 3.63) is 53.9 Å². The zero-order chi connectivity index (χ0) is 17.6. The largest absolute Gasteiger partial charge is 0.497 e. The van der Waals surface area contributed by atoms with Crippen molar-refractivity contribution in [3.63, 3.8) is 0 Å². The number of anilines is 3. The Bertz CT molecular complexity index is 799. The van der Waals surface area contributed by atoms with Crippen LogP contribution in [0.25, 0.3) is 11.3 Å². The lowest BCUT2D eigenvalue weighted by Crippen LogP contribution is -2.21. The highest BCUT2D eigenvalue weighted by Gasteiger charge is 2.06. The van der Waals surface area contributed by atoms with E-state index in [9.17, 15) is 0 Å². The topological polar surface area (TPSA) is 37.4 Å². The van der Waals surface area contributed by atoms with E-state index in [2.05, 4.69) is 58.7 Å². The van der Waals surface area contributed by atoms with Gasteiger partial charge in [0.2, 0.25) is 0 Å². The molecule has 0 radical (unpaired) electrons. The summed E-state index contributed by atoms with van der Waals surface area (Å²) in [5, 5.41) is 6.34. The molecule has 0 unspecified atom stereocenters. The zero-order valence-electron chi connectivity index (χ0n) is 15.2. The van der Waals surface area contributed by atoms with Crippen molar-refractivity contribution in [1.82, 2.24) is 4.98 Å². The van der Waals surface area contributed by atoms with Crippen LogP contribution in [0.5, 0.6) is 5.75 Å². The maximum atomic E-state index is 5.20. The van der Waals surface area contributed by atoms with Crippen LogP contribution in [0.4, 0.5) is 16.5 Å². The highest BCUT2D eigenvalue weighted by molar-refractivity contribution is 8.93. The third kappa shape index (κ3) is 4.77. The van der Waals surface area contributed by atoms with Crippen molar-refractivity contribution in [3.8, 4) is 17.0 Å². The molecule has 4 nitrogen and oxygen atoms in total. The number of benzene rings is 2. The molecular formula is C20H24BrN3OS. The van der Waals surface area contributed by atoms with Crippen LogP contribution in [0, 0.1) is 0 Å². The number of nitrogens with one attached hydrogen (secondary N) is 1. The lowest BCUT2D eigenvalue weighted by molar-refractivity contribution is 0.415. The van der Waals surface area contributed by atoms with Gasteiger partial charge in [0.05, 0.1) is 12.8 Å². The molecule has 3 rings (SSSR count). The Morgan fingerprint density at radius 2 is 1.65 bits per heavy atom. The third-order valence-electron chi connectivity index (χ3n) is 4.14. The normalized spacial score (nSPS) is 10.1. The summed E-state index contributed by atoms with van der Waals surface area (Å²) in [5.74, 6) is 0.852. The van der Waals surface area contributed by atoms with E-state index in [1.54, 1.807) is 18.4 Å². The molecule has 6 heteroatoms. The smallest absolute Gasteiger partial charge is 0.187 e. The van der Waals surface area contributed by atoms with Gasteiger partial charge in [0.15, 0.2) is 5.13 Å². The van der Waals surface area contributed by atoms with Gasteiger partial charge in [-0.2, -0.15) is 0 Å². The van der Waals surface area contributed by atoms with E-state index in [0.717, 1.165) is 40.9 Å². The highest BCUT2D eigenvalue weighted by atomic mass is 79.9. The predicted octanol–water partition coefficient (Wildman–Crippen LogP) is 5.99. The molecule has 0 fully saturated rings. The first-order valence-electron chi connectivity index (χ1n) is 8.45. The molecule has 26 heavy (non-hydrogen) atoms. The van der Waals surface area contributed by atoms with Gasteiger partial charge in [-0.3, -0.25) is 0 Å². The van der Waals surface area contributed by atoms with Gasteiger partial charge >= 0.3 is 0 Å². The summed E-state index contributed by atoms with van der Waals surface area (Å²) < 4.78 is 5.20. The lowest BCUT2D eigenvalue weighted by Gasteiger charge is -2.21. The standard InChI is InChI=1S/C20H23N3OS.BrH/c1-4-23(5-2)17-10-8-16(9-11-17)21-20-22-19(14-25-20)15-6-12-18(24-3)13-7-15;/h6-14H,4-5H2,1-3H3,(H,21,22);1H. The van der Waals surface area contributed by atoms with Crippen molar-refractivity contribution in [1.29, 1.82) is 0 Å². The summed E-state index contributed by atoms with van der Waals surface area (Å²) in [7, 11) is 1.67. The van der Waals surface area contributed by atoms with Crippen LogP contribution in [0.3, 0.4) is 0 Å². The van der Waals surface area contributed by atoms with Crippen molar-refractivity contribution < 1.29 is 4.74 Å². The van der Waals surface area contributed by atoms with Gasteiger partial charge in [0.1, 0.15) is 5.75 Å². The van der Waals surface area contributed by atoms with Gasteiger partial charge in [0, 0.05) is 35.4 Å². The Labute approximate surface area is 169 Å². The van der Waals surface area contributed by atoms with E-state index in [4.69, 9.17) is 4.74 Å². The number of halogens is 1. The minimum absolute atomic E-state index is 0. The maximum Gasteiger partial charge on any atom is 0.187 e. The van der Waals surface area contributed by atoms with E-state index < -0.39 is 0 Å². The number of hydrogen-bond acceptors (Lipinski definition) is 5. The summed E-state index contributed by atoms with van der Waals surface area (Å²) >= 11 is 1.60. The van der Waals surface area contributed by atoms with Gasteiger partial charge in [-0.1, -0.05) is 0 Å². The van der Waals surface area contributed by atoms with Crippen LogP contribution in [0.1, 0.15) is 13.8 Å². The van der Waals surface area contributed by atoms with E-state index in [1.165, 1.54) is 5.69 Å². The van der Waals surface area contributed by atoms with E-state index in [-0.39, 0.29) is 17.0 Å². The first kappa shape index (κ1) is 20.3. The minimum Gasteiger partial charge on any atom is -0.497 e. The second kappa shape index (κ2) is 9.59. The third-order valence-corrected chi connectivity index (χ3v) is 4.89. The Hall–Kier alpha value is -2.05. The van der Waals surface area contributed by atoms with E-state index in [0.29, 0.717) is 0 Å². The van der Waals surface area contributed by atoms with Crippen LogP contribution in [0.15, 0.2) is 53.9 Å². The molecular weight excluding hydrogens is 410 g/mol. The number of ether oxygens (including phenoxy) is 1. The number of rotatable bonds is 7. The fourth-order valence-corrected chi connectivity index (χ4v) is 3.43. The first-order valence-corrected chi connectivity index (χ1v) is 9.33. The van der Waals surface area contributed by atoms with Crippen LogP contribution in [-0.2, 0) is 0 Å². The van der Waals surface area contributed by atoms with Crippen molar-refractivity contribution in [2.75, 3.05) is 30.4 Å². The maximum absolute atomic E-state index is 5.20. The summed E-state index contributed by atoms with van der Waals surface area (Å²) in [6, 6.07) is 16.4. The number of aromatic nitrogens is 1. The average molecular weight is 434 g/mol. The molecule has 0 aliphatic heterocycles. The van der Waals surface area contributed by atoms with Gasteiger partial charge in [-0.25, -0.2) is 4.98 Å². The Morgan fingerprint density at radius 1 is 1.00 bits per heavy atom. The lowest BCUT2D eigenvalue weighted by atomic mass is 10.2. The summed E-state index contributed by atoms with van der Waals surface area (Å²) in [6.07, 6.45) is 0. The van der Waals surface area contributed by atoms with Gasteiger partial charge in [0.25, 0.3) is 0 Å². The molecule has 0 saturated carbocycles. The van der Waals surface area contributed by atoms with Gasteiger partial charge < -0.3 is 15.0 Å². The second-order valence-corrected chi connectivity index (χ2v) is 6.47. The summed E-state index contributed by atoms with van der Waals surface area (Å²) in [4.78, 5) is 7.01. The molecule has 1 aromatic heterocycles. The number of methoxy groups -OCH3 is 1. The monoisotopic (exact) mass is 433 g/mol. The van der Waals surface area contributed by atoms with E-state index >= 15 is 0 Å². The average Bonchev–Trinajstić information content (AvgIpc) is 3.12. The molecule has 0 spiro atoms. The minimum atomic E-state index is 0. The molecule has 2 aromatic carbocycles. The Balaban J connectivity index is 0.00000243. The number of thiazole rings is 1. The van der Waals surface area contributed by atoms with Crippen LogP contribution in [-0.4, -0.2) is 25.2 Å². The first-order chi connectivity index (χ1) is 12.2. The van der Waals surface area contributed by atoms with Crippen molar-refractivity contribution >= 4 is 44.8 Å². The fourth-order valence-electron chi connectivity index (χ4n) is 2.69. The fraction of sp³-hybridized carbons (Fsp3) is 0.250. The van der Waals surface area contributed by atoms with Crippen molar-refractivity contribution in [2.24, 2.45) is 0 Å². The molecule has 0 aliphatic rings. The molecule has 1 heterocycles. The molecule has 0 aliphatic carbocycles. The molecule has 0 atom stereocenters. The van der Waals surface area contributed by atoms with Crippen LogP contribution >= 0.6 is 28.3 Å². The van der Waals surface area contributed by atoms with Gasteiger partial charge in [-0.05, 0) is 62.4 Å². The SMILES string of the molecule is Br.CCN(CC)c1ccc(Nc2nc(-c3ccc(OC)cc3)cs2)cc1. The summed E-state index contributed by atoms with van der Waals surface area (Å²) in [6.45, 7) is 6.37. The highest BCUT2D eigenvalue weighted by Crippen LogP contribution is 2.29. The predicted molar refractivity (Wildman–Crippen MR) is 118 cm³/mol. The molecule has 138 valence electrons.